The zero-order chi connectivity index (χ0) is 10.7. The Morgan fingerprint density at radius 3 is 3.00 bits per heavy atom. The van der Waals surface area contributed by atoms with Crippen molar-refractivity contribution in [1.82, 2.24) is 15.3 Å². The van der Waals surface area contributed by atoms with Crippen molar-refractivity contribution in [3.05, 3.63) is 35.2 Å². The smallest absolute Gasteiger partial charge is 0.116 e. The molecule has 0 saturated carbocycles. The van der Waals surface area contributed by atoms with Crippen molar-refractivity contribution < 1.29 is 0 Å². The first-order valence-electron chi connectivity index (χ1n) is 4.85. The molecule has 4 heteroatoms. The largest absolute Gasteiger partial charge is 0.319 e. The molecule has 2 rings (SSSR count). The highest BCUT2D eigenvalue weighted by atomic mass is 35.5. The van der Waals surface area contributed by atoms with E-state index < -0.39 is 0 Å². The van der Waals surface area contributed by atoms with Gasteiger partial charge < -0.3 is 5.32 Å². The van der Waals surface area contributed by atoms with Crippen molar-refractivity contribution in [2.45, 2.75) is 6.42 Å². The van der Waals surface area contributed by atoms with Gasteiger partial charge in [-0.25, -0.2) is 9.97 Å². The van der Waals surface area contributed by atoms with E-state index in [1.807, 2.05) is 25.2 Å². The number of fused-ring (bicyclic) bond motifs is 1. The molecule has 0 aliphatic rings. The predicted octanol–water partition coefficient (Wildman–Crippen LogP) is 2.05. The Labute approximate surface area is 93.5 Å². The number of rotatable bonds is 3. The van der Waals surface area contributed by atoms with Crippen molar-refractivity contribution in [3.8, 4) is 0 Å². The SMILES string of the molecule is CNCCc1ncnc2ccc(Cl)cc12. The van der Waals surface area contributed by atoms with Crippen LogP contribution < -0.4 is 5.32 Å². The van der Waals surface area contributed by atoms with Gasteiger partial charge in [-0.1, -0.05) is 11.6 Å². The number of hydrogen-bond acceptors (Lipinski definition) is 3. The molecular weight excluding hydrogens is 210 g/mol. The maximum atomic E-state index is 5.95. The lowest BCUT2D eigenvalue weighted by Crippen LogP contribution is -2.11. The normalized spacial score (nSPS) is 10.8. The van der Waals surface area contributed by atoms with Gasteiger partial charge in [0.1, 0.15) is 6.33 Å². The Bertz CT molecular complexity index is 470. The summed E-state index contributed by atoms with van der Waals surface area (Å²) in [7, 11) is 1.93. The molecule has 1 aromatic heterocycles. The molecule has 0 spiro atoms. The maximum absolute atomic E-state index is 5.95. The number of benzene rings is 1. The van der Waals surface area contributed by atoms with Crippen LogP contribution in [0.25, 0.3) is 10.9 Å². The second-order valence-corrected chi connectivity index (χ2v) is 3.77. The zero-order valence-corrected chi connectivity index (χ0v) is 9.25. The highest BCUT2D eigenvalue weighted by Crippen LogP contribution is 2.19. The minimum Gasteiger partial charge on any atom is -0.319 e. The molecule has 1 N–H and O–H groups in total. The van der Waals surface area contributed by atoms with E-state index in [9.17, 15) is 0 Å². The van der Waals surface area contributed by atoms with Gasteiger partial charge in [-0.05, 0) is 25.2 Å². The van der Waals surface area contributed by atoms with Crippen LogP contribution in [-0.4, -0.2) is 23.6 Å². The van der Waals surface area contributed by atoms with E-state index in [0.29, 0.717) is 0 Å². The second-order valence-electron chi connectivity index (χ2n) is 3.34. The van der Waals surface area contributed by atoms with Crippen LogP contribution in [0.15, 0.2) is 24.5 Å². The van der Waals surface area contributed by atoms with E-state index in [4.69, 9.17) is 11.6 Å². The summed E-state index contributed by atoms with van der Waals surface area (Å²) in [5, 5.41) is 4.87. The fourth-order valence-electron chi connectivity index (χ4n) is 1.52. The second kappa shape index (κ2) is 4.55. The molecule has 0 unspecified atom stereocenters. The Hall–Kier alpha value is -1.19. The summed E-state index contributed by atoms with van der Waals surface area (Å²) >= 11 is 5.95. The van der Waals surface area contributed by atoms with E-state index >= 15 is 0 Å². The van der Waals surface area contributed by atoms with Crippen LogP contribution >= 0.6 is 11.6 Å². The number of nitrogens with one attached hydrogen (secondary N) is 1. The topological polar surface area (TPSA) is 37.8 Å². The molecule has 0 bridgehead atoms. The highest BCUT2D eigenvalue weighted by molar-refractivity contribution is 6.31. The average Bonchev–Trinajstić information content (AvgIpc) is 2.26. The standard InChI is InChI=1S/C11H12ClN3/c1-13-5-4-11-9-6-8(12)2-3-10(9)14-7-15-11/h2-3,6-7,13H,4-5H2,1H3. The van der Waals surface area contributed by atoms with Crippen molar-refractivity contribution >= 4 is 22.5 Å². The average molecular weight is 222 g/mol. The minimum atomic E-state index is 0.725. The molecule has 0 amide bonds. The third-order valence-electron chi connectivity index (χ3n) is 2.29. The molecule has 1 heterocycles. The summed E-state index contributed by atoms with van der Waals surface area (Å²) in [6, 6.07) is 5.68. The number of aromatic nitrogens is 2. The van der Waals surface area contributed by atoms with Crippen LogP contribution in [0.3, 0.4) is 0 Å². The fourth-order valence-corrected chi connectivity index (χ4v) is 1.70. The molecule has 1 aromatic carbocycles. The van der Waals surface area contributed by atoms with Crippen LogP contribution in [0, 0.1) is 0 Å². The monoisotopic (exact) mass is 221 g/mol. The molecule has 0 radical (unpaired) electrons. The summed E-state index contributed by atoms with van der Waals surface area (Å²) in [6.45, 7) is 0.901. The number of nitrogens with zero attached hydrogens (tertiary/aromatic N) is 2. The first-order chi connectivity index (χ1) is 7.31. The molecule has 0 aliphatic carbocycles. The summed E-state index contributed by atoms with van der Waals surface area (Å²) < 4.78 is 0. The molecular formula is C11H12ClN3. The van der Waals surface area contributed by atoms with Gasteiger partial charge >= 0.3 is 0 Å². The molecule has 0 fully saturated rings. The van der Waals surface area contributed by atoms with Crippen LogP contribution in [0.2, 0.25) is 5.02 Å². The maximum Gasteiger partial charge on any atom is 0.116 e. The molecule has 0 aliphatic heterocycles. The van der Waals surface area contributed by atoms with E-state index in [1.165, 1.54) is 0 Å². The van der Waals surface area contributed by atoms with Crippen molar-refractivity contribution in [1.29, 1.82) is 0 Å². The Balaban J connectivity index is 2.48. The summed E-state index contributed by atoms with van der Waals surface area (Å²) in [5.74, 6) is 0. The van der Waals surface area contributed by atoms with Gasteiger partial charge in [-0.2, -0.15) is 0 Å². The van der Waals surface area contributed by atoms with Gasteiger partial charge in [0, 0.05) is 23.4 Å². The molecule has 15 heavy (non-hydrogen) atoms. The molecule has 2 aromatic rings. The number of hydrogen-bond donors (Lipinski definition) is 1. The Morgan fingerprint density at radius 2 is 2.20 bits per heavy atom. The first-order valence-corrected chi connectivity index (χ1v) is 5.23. The summed E-state index contributed by atoms with van der Waals surface area (Å²) in [6.07, 6.45) is 2.48. The lowest BCUT2D eigenvalue weighted by atomic mass is 10.1. The van der Waals surface area contributed by atoms with Gasteiger partial charge in [0.05, 0.1) is 11.2 Å². The predicted molar refractivity (Wildman–Crippen MR) is 62.2 cm³/mol. The van der Waals surface area contributed by atoms with E-state index in [0.717, 1.165) is 34.6 Å². The van der Waals surface area contributed by atoms with Gasteiger partial charge in [0.2, 0.25) is 0 Å². The summed E-state index contributed by atoms with van der Waals surface area (Å²) in [4.78, 5) is 8.48. The molecule has 78 valence electrons. The van der Waals surface area contributed by atoms with Gasteiger partial charge in [0.25, 0.3) is 0 Å². The van der Waals surface area contributed by atoms with Gasteiger partial charge in [-0.15, -0.1) is 0 Å². The van der Waals surface area contributed by atoms with E-state index in [1.54, 1.807) is 6.33 Å². The Kier molecular flexibility index (Phi) is 3.14. The fraction of sp³-hybridized carbons (Fsp3) is 0.273. The Morgan fingerprint density at radius 1 is 1.33 bits per heavy atom. The van der Waals surface area contributed by atoms with E-state index in [2.05, 4.69) is 15.3 Å². The van der Waals surface area contributed by atoms with Crippen LogP contribution in [0.4, 0.5) is 0 Å². The number of halogens is 1. The lowest BCUT2D eigenvalue weighted by molar-refractivity contribution is 0.779. The highest BCUT2D eigenvalue weighted by Gasteiger charge is 2.03. The molecule has 0 atom stereocenters. The molecule has 0 saturated heterocycles. The van der Waals surface area contributed by atoms with Crippen molar-refractivity contribution in [2.24, 2.45) is 0 Å². The quantitative estimate of drug-likeness (QED) is 0.862. The number of likely N-dealkylation sites (N-methyl/N-ethyl adjacent to an activating group) is 1. The summed E-state index contributed by atoms with van der Waals surface area (Å²) in [5.41, 5.74) is 1.98. The first kappa shape index (κ1) is 10.3. The zero-order valence-electron chi connectivity index (χ0n) is 8.50. The van der Waals surface area contributed by atoms with Crippen LogP contribution in [0.5, 0.6) is 0 Å². The van der Waals surface area contributed by atoms with Crippen LogP contribution in [-0.2, 0) is 6.42 Å². The van der Waals surface area contributed by atoms with Crippen LogP contribution in [0.1, 0.15) is 5.69 Å². The van der Waals surface area contributed by atoms with Crippen molar-refractivity contribution in [3.63, 3.8) is 0 Å². The lowest BCUT2D eigenvalue weighted by Gasteiger charge is -2.04. The third-order valence-corrected chi connectivity index (χ3v) is 2.53. The van der Waals surface area contributed by atoms with Gasteiger partial charge in [0.15, 0.2) is 0 Å². The van der Waals surface area contributed by atoms with E-state index in [-0.39, 0.29) is 0 Å². The van der Waals surface area contributed by atoms with Crippen molar-refractivity contribution in [2.75, 3.05) is 13.6 Å². The van der Waals surface area contributed by atoms with Gasteiger partial charge in [-0.3, -0.25) is 0 Å². The third kappa shape index (κ3) is 2.25. The minimum absolute atomic E-state index is 0.725. The molecule has 3 nitrogen and oxygen atoms in total.